The maximum atomic E-state index is 13.4. The van der Waals surface area contributed by atoms with Crippen molar-refractivity contribution in [2.24, 2.45) is 5.92 Å². The molecule has 0 aliphatic rings. The first-order valence-corrected chi connectivity index (χ1v) is 10.6. The number of esters is 2. The summed E-state index contributed by atoms with van der Waals surface area (Å²) in [5, 5.41) is 0. The summed E-state index contributed by atoms with van der Waals surface area (Å²) in [5.74, 6) is -2.26. The second-order valence-corrected chi connectivity index (χ2v) is 7.70. The molecule has 0 fully saturated rings. The molecule has 0 radical (unpaired) electrons. The Hall–Kier alpha value is -2.93. The number of amides is 1. The van der Waals surface area contributed by atoms with E-state index in [1.54, 1.807) is 17.1 Å². The maximum Gasteiger partial charge on any atom is 0.318 e. The number of rotatable bonds is 10. The lowest BCUT2D eigenvalue weighted by Crippen LogP contribution is -2.40. The Labute approximate surface area is 191 Å². The van der Waals surface area contributed by atoms with Gasteiger partial charge in [0.05, 0.1) is 7.11 Å². The van der Waals surface area contributed by atoms with Crippen molar-refractivity contribution in [1.29, 1.82) is 0 Å². The lowest BCUT2D eigenvalue weighted by atomic mass is 9.97. The lowest BCUT2D eigenvalue weighted by Gasteiger charge is -2.26. The van der Waals surface area contributed by atoms with E-state index in [1.807, 2.05) is 54.6 Å². The predicted octanol–water partition coefficient (Wildman–Crippen LogP) is 3.93. The standard InChI is InChI=1S/C24H26BrNO5/c1-18(27)31-15-9-8-14-26(17-19-10-4-3-5-11-19)23(28)21(24(29)30-2)16-20-12-6-7-13-22(20)25/h3-13,21H,14-17H2,1-2H3/b9-8+. The summed E-state index contributed by atoms with van der Waals surface area (Å²) in [5.41, 5.74) is 1.78. The molecular formula is C24H26BrNO5. The number of nitrogens with zero attached hydrogens (tertiary/aromatic N) is 1. The zero-order chi connectivity index (χ0) is 22.6. The molecule has 0 heterocycles. The van der Waals surface area contributed by atoms with Crippen LogP contribution in [0.1, 0.15) is 18.1 Å². The quantitative estimate of drug-likeness (QED) is 0.288. The first-order chi connectivity index (χ1) is 14.9. The molecule has 164 valence electrons. The van der Waals surface area contributed by atoms with Gasteiger partial charge in [0.1, 0.15) is 12.5 Å². The van der Waals surface area contributed by atoms with Gasteiger partial charge >= 0.3 is 11.9 Å². The molecule has 7 heteroatoms. The zero-order valence-electron chi connectivity index (χ0n) is 17.6. The van der Waals surface area contributed by atoms with E-state index < -0.39 is 11.9 Å². The Balaban J connectivity index is 2.23. The van der Waals surface area contributed by atoms with Gasteiger partial charge in [-0.3, -0.25) is 14.4 Å². The highest BCUT2D eigenvalue weighted by Gasteiger charge is 2.32. The zero-order valence-corrected chi connectivity index (χ0v) is 19.2. The molecule has 2 aromatic carbocycles. The van der Waals surface area contributed by atoms with Gasteiger partial charge in [-0.05, 0) is 29.7 Å². The van der Waals surface area contributed by atoms with E-state index in [4.69, 9.17) is 9.47 Å². The van der Waals surface area contributed by atoms with Crippen LogP contribution in [0.4, 0.5) is 0 Å². The van der Waals surface area contributed by atoms with E-state index in [1.165, 1.54) is 14.0 Å². The lowest BCUT2D eigenvalue weighted by molar-refractivity contribution is -0.153. The predicted molar refractivity (Wildman–Crippen MR) is 121 cm³/mol. The van der Waals surface area contributed by atoms with Crippen LogP contribution < -0.4 is 0 Å². The molecule has 1 unspecified atom stereocenters. The van der Waals surface area contributed by atoms with Gasteiger partial charge in [0.2, 0.25) is 5.91 Å². The van der Waals surface area contributed by atoms with Crippen molar-refractivity contribution >= 4 is 33.8 Å². The number of ether oxygens (including phenoxy) is 2. The van der Waals surface area contributed by atoms with Gasteiger partial charge in [0.15, 0.2) is 0 Å². The molecule has 2 rings (SSSR count). The van der Waals surface area contributed by atoms with Crippen LogP contribution >= 0.6 is 15.9 Å². The van der Waals surface area contributed by atoms with Gasteiger partial charge < -0.3 is 14.4 Å². The molecule has 31 heavy (non-hydrogen) atoms. The second-order valence-electron chi connectivity index (χ2n) is 6.85. The van der Waals surface area contributed by atoms with E-state index in [9.17, 15) is 14.4 Å². The van der Waals surface area contributed by atoms with Crippen molar-refractivity contribution in [3.05, 3.63) is 82.3 Å². The summed E-state index contributed by atoms with van der Waals surface area (Å²) >= 11 is 3.48. The van der Waals surface area contributed by atoms with Crippen LogP contribution in [0.2, 0.25) is 0 Å². The number of hydrogen-bond donors (Lipinski definition) is 0. The maximum absolute atomic E-state index is 13.4. The molecule has 0 saturated heterocycles. The number of carbonyl (C=O) groups excluding carboxylic acids is 3. The second kappa shape index (κ2) is 12.7. The van der Waals surface area contributed by atoms with Crippen molar-refractivity contribution in [2.45, 2.75) is 19.9 Å². The van der Waals surface area contributed by atoms with Crippen LogP contribution in [-0.4, -0.2) is 43.0 Å². The fraction of sp³-hybridized carbons (Fsp3) is 0.292. The third-order valence-corrected chi connectivity index (χ3v) is 5.34. The number of halogens is 1. The van der Waals surface area contributed by atoms with Crippen molar-refractivity contribution in [2.75, 3.05) is 20.3 Å². The molecule has 0 aromatic heterocycles. The monoisotopic (exact) mass is 487 g/mol. The van der Waals surface area contributed by atoms with Crippen molar-refractivity contribution in [3.8, 4) is 0 Å². The van der Waals surface area contributed by atoms with Gasteiger partial charge in [-0.25, -0.2) is 0 Å². The molecule has 0 aliphatic heterocycles. The summed E-state index contributed by atoms with van der Waals surface area (Å²) in [6, 6.07) is 17.0. The molecule has 2 aromatic rings. The molecule has 0 N–H and O–H groups in total. The normalized spacial score (nSPS) is 11.7. The average Bonchev–Trinajstić information content (AvgIpc) is 2.77. The van der Waals surface area contributed by atoms with E-state index in [0.29, 0.717) is 6.54 Å². The first-order valence-electron chi connectivity index (χ1n) is 9.84. The Kier molecular flexibility index (Phi) is 9.97. The van der Waals surface area contributed by atoms with Crippen LogP contribution in [0.5, 0.6) is 0 Å². The molecular weight excluding hydrogens is 462 g/mol. The Bertz CT molecular complexity index is 913. The minimum atomic E-state index is -0.978. The molecule has 0 saturated carbocycles. The highest BCUT2D eigenvalue weighted by molar-refractivity contribution is 9.10. The SMILES string of the molecule is COC(=O)C(Cc1ccccc1Br)C(=O)N(C/C=C/COC(C)=O)Cc1ccccc1. The Morgan fingerprint density at radius 3 is 2.35 bits per heavy atom. The van der Waals surface area contributed by atoms with Gasteiger partial charge in [0, 0.05) is 24.5 Å². The topological polar surface area (TPSA) is 72.9 Å². The van der Waals surface area contributed by atoms with Gasteiger partial charge in [-0.15, -0.1) is 0 Å². The summed E-state index contributed by atoms with van der Waals surface area (Å²) in [4.78, 5) is 38.5. The van der Waals surface area contributed by atoms with Crippen LogP contribution in [0.15, 0.2) is 71.2 Å². The minimum absolute atomic E-state index is 0.125. The van der Waals surface area contributed by atoms with Gasteiger partial charge in [-0.2, -0.15) is 0 Å². The largest absolute Gasteiger partial charge is 0.468 e. The van der Waals surface area contributed by atoms with E-state index >= 15 is 0 Å². The van der Waals surface area contributed by atoms with Crippen molar-refractivity contribution < 1.29 is 23.9 Å². The van der Waals surface area contributed by atoms with E-state index in [-0.39, 0.29) is 31.4 Å². The summed E-state index contributed by atoms with van der Waals surface area (Å²) in [6.07, 6.45) is 3.64. The van der Waals surface area contributed by atoms with Crippen LogP contribution in [-0.2, 0) is 36.8 Å². The van der Waals surface area contributed by atoms with Crippen molar-refractivity contribution in [1.82, 2.24) is 4.90 Å². The third kappa shape index (κ3) is 8.02. The fourth-order valence-electron chi connectivity index (χ4n) is 2.99. The summed E-state index contributed by atoms with van der Waals surface area (Å²) in [6.45, 7) is 2.06. The van der Waals surface area contributed by atoms with Crippen molar-refractivity contribution in [3.63, 3.8) is 0 Å². The molecule has 0 bridgehead atoms. The number of methoxy groups -OCH3 is 1. The highest BCUT2D eigenvalue weighted by Crippen LogP contribution is 2.22. The third-order valence-electron chi connectivity index (χ3n) is 4.57. The van der Waals surface area contributed by atoms with E-state index in [2.05, 4.69) is 15.9 Å². The van der Waals surface area contributed by atoms with Crippen LogP contribution in [0.3, 0.4) is 0 Å². The summed E-state index contributed by atoms with van der Waals surface area (Å²) in [7, 11) is 1.28. The van der Waals surface area contributed by atoms with Crippen LogP contribution in [0, 0.1) is 5.92 Å². The average molecular weight is 488 g/mol. The molecule has 1 amide bonds. The molecule has 6 nitrogen and oxygen atoms in total. The van der Waals surface area contributed by atoms with E-state index in [0.717, 1.165) is 15.6 Å². The fourth-order valence-corrected chi connectivity index (χ4v) is 3.44. The number of benzene rings is 2. The smallest absolute Gasteiger partial charge is 0.318 e. The minimum Gasteiger partial charge on any atom is -0.468 e. The number of carbonyl (C=O) groups is 3. The number of hydrogen-bond acceptors (Lipinski definition) is 5. The Morgan fingerprint density at radius 2 is 1.71 bits per heavy atom. The Morgan fingerprint density at radius 1 is 1.03 bits per heavy atom. The molecule has 0 spiro atoms. The van der Waals surface area contributed by atoms with Crippen LogP contribution in [0.25, 0.3) is 0 Å². The van der Waals surface area contributed by atoms with Gasteiger partial charge in [0.25, 0.3) is 0 Å². The highest BCUT2D eigenvalue weighted by atomic mass is 79.9. The van der Waals surface area contributed by atoms with Gasteiger partial charge in [-0.1, -0.05) is 70.5 Å². The molecule has 0 aliphatic carbocycles. The molecule has 1 atom stereocenters. The first kappa shape index (κ1) is 24.3. The summed E-state index contributed by atoms with van der Waals surface area (Å²) < 4.78 is 10.7.